The molecule has 1 N–H and O–H groups in total. The highest BCUT2D eigenvalue weighted by atomic mass is 16.5. The molecule has 4 nitrogen and oxygen atoms in total. The molecule has 0 saturated carbocycles. The SMILES string of the molecule is CCCCCC/C=N/NC(=O)COc1ccc2ccccc2c1. The molecule has 0 aliphatic rings. The second-order valence-corrected chi connectivity index (χ2v) is 5.49. The number of hydrazone groups is 1. The maximum absolute atomic E-state index is 11.7. The lowest BCUT2D eigenvalue weighted by Gasteiger charge is -2.06. The molecule has 0 aliphatic carbocycles. The van der Waals surface area contributed by atoms with Gasteiger partial charge in [0.25, 0.3) is 5.91 Å². The Bertz CT molecular complexity index is 653. The maximum Gasteiger partial charge on any atom is 0.277 e. The molecule has 0 spiro atoms. The van der Waals surface area contributed by atoms with Gasteiger partial charge in [-0.15, -0.1) is 0 Å². The summed E-state index contributed by atoms with van der Waals surface area (Å²) < 4.78 is 5.50. The molecule has 122 valence electrons. The van der Waals surface area contributed by atoms with E-state index < -0.39 is 0 Å². The first-order valence-corrected chi connectivity index (χ1v) is 8.21. The number of rotatable bonds is 9. The van der Waals surface area contributed by atoms with Gasteiger partial charge >= 0.3 is 0 Å². The standard InChI is InChI=1S/C19H24N2O2/c1-2-3-4-5-8-13-20-21-19(22)15-23-18-12-11-16-9-6-7-10-17(16)14-18/h6-7,9-14H,2-5,8,15H2,1H3,(H,21,22)/b20-13+. The van der Waals surface area contributed by atoms with E-state index in [0.717, 1.165) is 23.6 Å². The average Bonchev–Trinajstić information content (AvgIpc) is 2.59. The van der Waals surface area contributed by atoms with Crippen molar-refractivity contribution in [3.8, 4) is 5.75 Å². The highest BCUT2D eigenvalue weighted by Crippen LogP contribution is 2.20. The molecule has 0 bridgehead atoms. The van der Waals surface area contributed by atoms with Crippen LogP contribution < -0.4 is 10.2 Å². The van der Waals surface area contributed by atoms with E-state index in [1.54, 1.807) is 6.21 Å². The van der Waals surface area contributed by atoms with Gasteiger partial charge in [0, 0.05) is 6.21 Å². The van der Waals surface area contributed by atoms with Crippen LogP contribution in [0.5, 0.6) is 5.75 Å². The van der Waals surface area contributed by atoms with Crippen LogP contribution in [0.3, 0.4) is 0 Å². The highest BCUT2D eigenvalue weighted by Gasteiger charge is 2.02. The van der Waals surface area contributed by atoms with Crippen LogP contribution in [-0.2, 0) is 4.79 Å². The number of hydrogen-bond donors (Lipinski definition) is 1. The van der Waals surface area contributed by atoms with Gasteiger partial charge in [0.15, 0.2) is 6.61 Å². The molecule has 23 heavy (non-hydrogen) atoms. The minimum Gasteiger partial charge on any atom is -0.484 e. The fourth-order valence-corrected chi connectivity index (χ4v) is 2.28. The monoisotopic (exact) mass is 312 g/mol. The number of nitrogens with one attached hydrogen (secondary N) is 1. The molecule has 0 fully saturated rings. The first kappa shape index (κ1) is 17.0. The molecule has 1 amide bonds. The smallest absolute Gasteiger partial charge is 0.277 e. The first-order valence-electron chi connectivity index (χ1n) is 8.21. The summed E-state index contributed by atoms with van der Waals surface area (Å²) in [6.45, 7) is 2.15. The molecule has 0 atom stereocenters. The molecule has 2 rings (SSSR count). The molecule has 0 unspecified atom stereocenters. The Morgan fingerprint density at radius 2 is 1.96 bits per heavy atom. The van der Waals surface area contributed by atoms with E-state index in [9.17, 15) is 4.79 Å². The maximum atomic E-state index is 11.7. The van der Waals surface area contributed by atoms with Crippen LogP contribution >= 0.6 is 0 Å². The fourth-order valence-electron chi connectivity index (χ4n) is 2.28. The van der Waals surface area contributed by atoms with Gasteiger partial charge in [-0.1, -0.05) is 56.5 Å². The van der Waals surface area contributed by atoms with E-state index in [2.05, 4.69) is 17.5 Å². The average molecular weight is 312 g/mol. The van der Waals surface area contributed by atoms with Gasteiger partial charge in [-0.3, -0.25) is 4.79 Å². The van der Waals surface area contributed by atoms with Crippen LogP contribution in [0.25, 0.3) is 10.8 Å². The van der Waals surface area contributed by atoms with Crippen molar-refractivity contribution < 1.29 is 9.53 Å². The molecule has 0 saturated heterocycles. The topological polar surface area (TPSA) is 50.7 Å². The second kappa shape index (κ2) is 9.62. The number of carbonyl (C=O) groups excluding carboxylic acids is 1. The molecule has 2 aromatic carbocycles. The van der Waals surface area contributed by atoms with Crippen LogP contribution in [0.4, 0.5) is 0 Å². The van der Waals surface area contributed by atoms with Gasteiger partial charge in [0.2, 0.25) is 0 Å². The van der Waals surface area contributed by atoms with Crippen molar-refractivity contribution in [2.45, 2.75) is 39.0 Å². The van der Waals surface area contributed by atoms with Crippen molar-refractivity contribution in [1.82, 2.24) is 5.43 Å². The largest absolute Gasteiger partial charge is 0.484 e. The molecule has 2 aromatic rings. The number of hydrogen-bond acceptors (Lipinski definition) is 3. The van der Waals surface area contributed by atoms with Crippen LogP contribution in [0.1, 0.15) is 39.0 Å². The molecule has 0 radical (unpaired) electrons. The zero-order chi connectivity index (χ0) is 16.3. The number of carbonyl (C=O) groups is 1. The van der Waals surface area contributed by atoms with Crippen LogP contribution in [0, 0.1) is 0 Å². The number of amides is 1. The Kier molecular flexibility index (Phi) is 7.11. The minimum absolute atomic E-state index is 0.0362. The summed E-state index contributed by atoms with van der Waals surface area (Å²) in [7, 11) is 0. The van der Waals surface area contributed by atoms with Crippen molar-refractivity contribution in [1.29, 1.82) is 0 Å². The third kappa shape index (κ3) is 6.10. The number of nitrogens with zero attached hydrogens (tertiary/aromatic N) is 1. The first-order chi connectivity index (χ1) is 11.3. The van der Waals surface area contributed by atoms with Gasteiger partial charge < -0.3 is 4.74 Å². The third-order valence-corrected chi connectivity index (χ3v) is 3.56. The van der Waals surface area contributed by atoms with E-state index in [1.165, 1.54) is 19.3 Å². The zero-order valence-electron chi connectivity index (χ0n) is 13.6. The lowest BCUT2D eigenvalue weighted by Crippen LogP contribution is -2.24. The number of unbranched alkanes of at least 4 members (excludes halogenated alkanes) is 4. The van der Waals surface area contributed by atoms with Gasteiger partial charge in [-0.25, -0.2) is 5.43 Å². The Labute approximate surface area is 137 Å². The normalized spacial score (nSPS) is 11.0. The lowest BCUT2D eigenvalue weighted by molar-refractivity contribution is -0.123. The molecular weight excluding hydrogens is 288 g/mol. The van der Waals surface area contributed by atoms with Gasteiger partial charge in [-0.2, -0.15) is 5.10 Å². The molecule has 0 aromatic heterocycles. The molecule has 0 aliphatic heterocycles. The number of ether oxygens (including phenoxy) is 1. The van der Waals surface area contributed by atoms with E-state index in [4.69, 9.17) is 4.74 Å². The Morgan fingerprint density at radius 1 is 1.13 bits per heavy atom. The number of benzene rings is 2. The highest BCUT2D eigenvalue weighted by molar-refractivity contribution is 5.84. The predicted octanol–water partition coefficient (Wildman–Crippen LogP) is 4.29. The fraction of sp³-hybridized carbons (Fsp3) is 0.368. The minimum atomic E-state index is -0.247. The molecule has 0 heterocycles. The molecule has 4 heteroatoms. The Hall–Kier alpha value is -2.36. The summed E-state index contributed by atoms with van der Waals surface area (Å²) in [5.41, 5.74) is 2.49. The van der Waals surface area contributed by atoms with Crippen molar-refractivity contribution in [3.63, 3.8) is 0 Å². The van der Waals surface area contributed by atoms with Gasteiger partial charge in [0.1, 0.15) is 5.75 Å². The predicted molar refractivity (Wildman–Crippen MR) is 94.8 cm³/mol. The van der Waals surface area contributed by atoms with Crippen LogP contribution in [0.15, 0.2) is 47.6 Å². The summed E-state index contributed by atoms with van der Waals surface area (Å²) in [6.07, 6.45) is 7.44. The van der Waals surface area contributed by atoms with Gasteiger partial charge in [0.05, 0.1) is 0 Å². The zero-order valence-corrected chi connectivity index (χ0v) is 13.6. The summed E-state index contributed by atoms with van der Waals surface area (Å²) in [5.74, 6) is 0.436. The Balaban J connectivity index is 1.70. The van der Waals surface area contributed by atoms with E-state index in [0.29, 0.717) is 5.75 Å². The van der Waals surface area contributed by atoms with E-state index >= 15 is 0 Å². The van der Waals surface area contributed by atoms with Crippen LogP contribution in [-0.4, -0.2) is 18.7 Å². The van der Waals surface area contributed by atoms with Crippen molar-refractivity contribution in [2.75, 3.05) is 6.61 Å². The van der Waals surface area contributed by atoms with Gasteiger partial charge in [-0.05, 0) is 35.7 Å². The second-order valence-electron chi connectivity index (χ2n) is 5.49. The summed E-state index contributed by atoms with van der Waals surface area (Å²) in [6, 6.07) is 13.8. The summed E-state index contributed by atoms with van der Waals surface area (Å²) in [5, 5.41) is 6.17. The van der Waals surface area contributed by atoms with Crippen molar-refractivity contribution in [2.24, 2.45) is 5.10 Å². The number of fused-ring (bicyclic) bond motifs is 1. The van der Waals surface area contributed by atoms with Crippen molar-refractivity contribution in [3.05, 3.63) is 42.5 Å². The Morgan fingerprint density at radius 3 is 2.78 bits per heavy atom. The third-order valence-electron chi connectivity index (χ3n) is 3.56. The quantitative estimate of drug-likeness (QED) is 0.426. The summed E-state index contributed by atoms with van der Waals surface area (Å²) in [4.78, 5) is 11.7. The molecular formula is C19H24N2O2. The van der Waals surface area contributed by atoms with E-state index in [-0.39, 0.29) is 12.5 Å². The lowest BCUT2D eigenvalue weighted by atomic mass is 10.1. The van der Waals surface area contributed by atoms with Crippen molar-refractivity contribution >= 4 is 22.9 Å². The summed E-state index contributed by atoms with van der Waals surface area (Å²) >= 11 is 0. The van der Waals surface area contributed by atoms with Crippen LogP contribution in [0.2, 0.25) is 0 Å². The van der Waals surface area contributed by atoms with E-state index in [1.807, 2.05) is 42.5 Å².